The molecule has 1 amide bonds. The molecule has 0 aliphatic carbocycles. The first-order valence-electron chi connectivity index (χ1n) is 7.56. The monoisotopic (exact) mass is 391 g/mol. The third-order valence-corrected chi connectivity index (χ3v) is 5.38. The molecule has 3 N–H and O–H groups in total. The summed E-state index contributed by atoms with van der Waals surface area (Å²) in [4.78, 5) is 12.0. The molecule has 1 rings (SSSR count). The molecule has 0 saturated carbocycles. The quantitative estimate of drug-likeness (QED) is 0.679. The zero-order chi connectivity index (χ0) is 19.5. The molecule has 10 heteroatoms. The van der Waals surface area contributed by atoms with E-state index in [-0.39, 0.29) is 23.9 Å². The van der Waals surface area contributed by atoms with Gasteiger partial charge >= 0.3 is 0 Å². The van der Waals surface area contributed by atoms with Gasteiger partial charge in [0.25, 0.3) is 0 Å². The first-order valence-corrected chi connectivity index (χ1v) is 11.0. The van der Waals surface area contributed by atoms with Crippen LogP contribution in [0.5, 0.6) is 0 Å². The van der Waals surface area contributed by atoms with Gasteiger partial charge in [-0.15, -0.1) is 0 Å². The topological polar surface area (TPSA) is 127 Å². The molecule has 0 unspecified atom stereocenters. The molecule has 1 aromatic carbocycles. The van der Waals surface area contributed by atoms with Gasteiger partial charge < -0.3 is 5.32 Å². The Kier molecular flexibility index (Phi) is 6.74. The van der Waals surface area contributed by atoms with E-state index in [1.54, 1.807) is 12.1 Å². The van der Waals surface area contributed by atoms with Gasteiger partial charge in [0, 0.05) is 12.1 Å². The molecule has 25 heavy (non-hydrogen) atoms. The van der Waals surface area contributed by atoms with Crippen molar-refractivity contribution in [3.8, 4) is 0 Å². The average molecular weight is 392 g/mol. The second-order valence-corrected chi connectivity index (χ2v) is 10.4. The van der Waals surface area contributed by atoms with Crippen LogP contribution in [0.4, 0.5) is 0 Å². The second-order valence-electron chi connectivity index (χ2n) is 6.83. The maximum Gasteiger partial charge on any atom is 0.238 e. The van der Waals surface area contributed by atoms with Gasteiger partial charge in [-0.3, -0.25) is 4.79 Å². The number of amides is 1. The number of nitrogens with two attached hydrogens (primary N) is 1. The van der Waals surface area contributed by atoms with E-state index in [0.29, 0.717) is 6.42 Å². The lowest BCUT2D eigenvalue weighted by Crippen LogP contribution is -2.47. The molecule has 0 aliphatic heterocycles. The highest BCUT2D eigenvalue weighted by Gasteiger charge is 2.22. The molecule has 0 atom stereocenters. The molecule has 0 aliphatic rings. The molecule has 0 fully saturated rings. The smallest absolute Gasteiger partial charge is 0.238 e. The summed E-state index contributed by atoms with van der Waals surface area (Å²) >= 11 is 0. The van der Waals surface area contributed by atoms with Gasteiger partial charge in [0.2, 0.25) is 26.0 Å². The van der Waals surface area contributed by atoms with Crippen molar-refractivity contribution in [3.05, 3.63) is 29.8 Å². The van der Waals surface area contributed by atoms with E-state index in [0.717, 1.165) is 16.1 Å². The van der Waals surface area contributed by atoms with E-state index in [1.165, 1.54) is 12.1 Å². The van der Waals surface area contributed by atoms with Crippen LogP contribution >= 0.6 is 0 Å². The molecule has 0 saturated heterocycles. The molecule has 0 spiro atoms. The Balaban J connectivity index is 2.79. The first kappa shape index (κ1) is 21.6. The molecule has 8 nitrogen and oxygen atoms in total. The van der Waals surface area contributed by atoms with Crippen molar-refractivity contribution in [1.29, 1.82) is 0 Å². The summed E-state index contributed by atoms with van der Waals surface area (Å²) < 4.78 is 47.3. The molecule has 0 radical (unpaired) electrons. The predicted molar refractivity (Wildman–Crippen MR) is 95.8 cm³/mol. The summed E-state index contributed by atoms with van der Waals surface area (Å²) in [6.07, 6.45) is 1.38. The highest BCUT2D eigenvalue weighted by molar-refractivity contribution is 7.89. The zero-order valence-electron chi connectivity index (χ0n) is 14.8. The van der Waals surface area contributed by atoms with Crippen LogP contribution in [0.1, 0.15) is 26.3 Å². The third-order valence-electron chi connectivity index (χ3n) is 3.21. The van der Waals surface area contributed by atoms with Crippen molar-refractivity contribution in [3.63, 3.8) is 0 Å². The molecule has 142 valence electrons. The molecule has 0 bridgehead atoms. The number of rotatable bonds is 7. The minimum Gasteiger partial charge on any atom is -0.350 e. The minimum absolute atomic E-state index is 0.0132. The van der Waals surface area contributed by atoms with E-state index in [9.17, 15) is 21.6 Å². The highest BCUT2D eigenvalue weighted by atomic mass is 32.2. The lowest BCUT2D eigenvalue weighted by molar-refractivity contribution is -0.122. The number of hydrogen-bond acceptors (Lipinski definition) is 5. The van der Waals surface area contributed by atoms with Crippen molar-refractivity contribution >= 4 is 26.0 Å². The lowest BCUT2D eigenvalue weighted by Gasteiger charge is -2.24. The van der Waals surface area contributed by atoms with Gasteiger partial charge in [-0.2, -0.15) is 4.31 Å². The minimum atomic E-state index is -3.77. The average Bonchev–Trinajstić information content (AvgIpc) is 2.39. The Hall–Kier alpha value is -1.49. The molecule has 1 aromatic rings. The van der Waals surface area contributed by atoms with Crippen molar-refractivity contribution in [2.45, 2.75) is 37.6 Å². The van der Waals surface area contributed by atoms with Crippen LogP contribution in [-0.2, 0) is 31.3 Å². The van der Waals surface area contributed by atoms with Gasteiger partial charge in [0.05, 0.1) is 17.7 Å². The maximum atomic E-state index is 12.0. The number of primary sulfonamides is 1. The SMILES string of the molecule is CC(C)(C)NC(=O)CN(CCc1ccc(S(N)(=O)=O)cc1)S(C)(=O)=O. The number of nitrogens with zero attached hydrogens (tertiary/aromatic N) is 1. The van der Waals surface area contributed by atoms with E-state index in [1.807, 2.05) is 20.8 Å². The van der Waals surface area contributed by atoms with Crippen LogP contribution in [-0.4, -0.2) is 51.9 Å². The van der Waals surface area contributed by atoms with Crippen molar-refractivity contribution < 1.29 is 21.6 Å². The third kappa shape index (κ3) is 7.95. The fraction of sp³-hybridized carbons (Fsp3) is 0.533. The Labute approximate surface area is 149 Å². The van der Waals surface area contributed by atoms with Crippen molar-refractivity contribution in [2.75, 3.05) is 19.3 Å². The van der Waals surface area contributed by atoms with Crippen LogP contribution in [0.2, 0.25) is 0 Å². The number of benzene rings is 1. The van der Waals surface area contributed by atoms with Crippen molar-refractivity contribution in [1.82, 2.24) is 9.62 Å². The maximum absolute atomic E-state index is 12.0. The Bertz CT molecular complexity index is 810. The molecule has 0 heterocycles. The van der Waals surface area contributed by atoms with Crippen LogP contribution in [0.15, 0.2) is 29.2 Å². The fourth-order valence-electron chi connectivity index (χ4n) is 2.08. The van der Waals surface area contributed by atoms with E-state index in [2.05, 4.69) is 5.32 Å². The van der Waals surface area contributed by atoms with Crippen LogP contribution < -0.4 is 10.5 Å². The Morgan fingerprint density at radius 1 is 1.12 bits per heavy atom. The molecule has 0 aromatic heterocycles. The summed E-state index contributed by atoms with van der Waals surface area (Å²) in [6.45, 7) is 5.25. The Morgan fingerprint density at radius 2 is 1.64 bits per heavy atom. The number of carbonyl (C=O) groups is 1. The summed E-state index contributed by atoms with van der Waals surface area (Å²) in [5, 5.41) is 7.75. The summed E-state index contributed by atoms with van der Waals surface area (Å²) in [5.74, 6) is -0.387. The van der Waals surface area contributed by atoms with E-state index in [4.69, 9.17) is 5.14 Å². The summed E-state index contributed by atoms with van der Waals surface area (Å²) in [7, 11) is -7.33. The van der Waals surface area contributed by atoms with Gasteiger partial charge in [-0.25, -0.2) is 22.0 Å². The van der Waals surface area contributed by atoms with Gasteiger partial charge in [-0.05, 0) is 44.9 Å². The summed E-state index contributed by atoms with van der Waals surface area (Å²) in [5.41, 5.74) is 0.279. The van der Waals surface area contributed by atoms with Crippen LogP contribution in [0.3, 0.4) is 0 Å². The predicted octanol–water partition coefficient (Wildman–Crippen LogP) is 0.0528. The second kappa shape index (κ2) is 7.81. The lowest BCUT2D eigenvalue weighted by atomic mass is 10.1. The largest absolute Gasteiger partial charge is 0.350 e. The van der Waals surface area contributed by atoms with Gasteiger partial charge in [0.15, 0.2) is 0 Å². The van der Waals surface area contributed by atoms with Crippen LogP contribution in [0.25, 0.3) is 0 Å². The van der Waals surface area contributed by atoms with E-state index < -0.39 is 25.6 Å². The number of carbonyl (C=O) groups excluding carboxylic acids is 1. The standard InChI is InChI=1S/C15H25N3O5S2/c1-15(2,3)17-14(19)11-18(24(4,20)21)10-9-12-5-7-13(8-6-12)25(16,22)23/h5-8H,9-11H2,1-4H3,(H,17,19)(H2,16,22,23). The first-order chi connectivity index (χ1) is 11.2. The number of hydrogen-bond donors (Lipinski definition) is 2. The van der Waals surface area contributed by atoms with E-state index >= 15 is 0 Å². The normalized spacial score (nSPS) is 13.0. The highest BCUT2D eigenvalue weighted by Crippen LogP contribution is 2.11. The zero-order valence-corrected chi connectivity index (χ0v) is 16.4. The van der Waals surface area contributed by atoms with Crippen molar-refractivity contribution in [2.24, 2.45) is 5.14 Å². The molecular formula is C15H25N3O5S2. The molecular weight excluding hydrogens is 366 g/mol. The fourth-order valence-corrected chi connectivity index (χ4v) is 3.37. The Morgan fingerprint density at radius 3 is 2.04 bits per heavy atom. The number of sulfonamides is 2. The summed E-state index contributed by atoms with van der Waals surface area (Å²) in [6, 6.07) is 5.86. The number of nitrogens with one attached hydrogen (secondary N) is 1. The van der Waals surface area contributed by atoms with Crippen LogP contribution in [0, 0.1) is 0 Å². The van der Waals surface area contributed by atoms with Gasteiger partial charge in [0.1, 0.15) is 0 Å². The van der Waals surface area contributed by atoms with Gasteiger partial charge in [-0.1, -0.05) is 12.1 Å².